The number of halogens is 1. The molecule has 0 atom stereocenters. The molecule has 2 aromatic rings. The summed E-state index contributed by atoms with van der Waals surface area (Å²) in [6.07, 6.45) is 0. The monoisotopic (exact) mass is 267 g/mol. The summed E-state index contributed by atoms with van der Waals surface area (Å²) in [7, 11) is 0. The van der Waals surface area contributed by atoms with Crippen LogP contribution in [0.1, 0.15) is 26.6 Å². The maximum Gasteiger partial charge on any atom is 0.136 e. The van der Waals surface area contributed by atoms with Crippen LogP contribution in [-0.2, 0) is 5.41 Å². The average Bonchev–Trinajstić information content (AvgIpc) is 2.62. The summed E-state index contributed by atoms with van der Waals surface area (Å²) in [6, 6.07) is 3.61. The van der Waals surface area contributed by atoms with Crippen LogP contribution in [0.4, 0.5) is 5.82 Å². The molecule has 3 nitrogen and oxygen atoms in total. The summed E-state index contributed by atoms with van der Waals surface area (Å²) in [6.45, 7) is 6.17. The van der Waals surface area contributed by atoms with Gasteiger partial charge in [-0.05, 0) is 11.4 Å². The smallest absolute Gasteiger partial charge is 0.136 e. The molecule has 0 aliphatic rings. The average molecular weight is 268 g/mol. The Balaban J connectivity index is 2.57. The summed E-state index contributed by atoms with van der Waals surface area (Å²) in [4.78, 5) is 9.75. The maximum absolute atomic E-state index is 6.10. The van der Waals surface area contributed by atoms with Crippen LogP contribution in [0.25, 0.3) is 10.6 Å². The third-order valence-corrected chi connectivity index (χ3v) is 3.63. The van der Waals surface area contributed by atoms with Crippen LogP contribution in [0.15, 0.2) is 17.5 Å². The molecular weight excluding hydrogens is 254 g/mol. The molecule has 0 amide bonds. The Kier molecular flexibility index (Phi) is 3.10. The fourth-order valence-electron chi connectivity index (χ4n) is 1.39. The first kappa shape index (κ1) is 12.3. The Morgan fingerprint density at radius 1 is 1.29 bits per heavy atom. The van der Waals surface area contributed by atoms with Gasteiger partial charge in [-0.2, -0.15) is 0 Å². The van der Waals surface area contributed by atoms with Crippen LogP contribution < -0.4 is 5.73 Å². The number of hydrogen-bond donors (Lipinski definition) is 1. The zero-order valence-electron chi connectivity index (χ0n) is 9.99. The Hall–Kier alpha value is -1.13. The minimum atomic E-state index is -0.131. The molecule has 90 valence electrons. The van der Waals surface area contributed by atoms with Crippen molar-refractivity contribution in [3.8, 4) is 10.6 Å². The molecule has 0 fully saturated rings. The number of aromatic nitrogens is 2. The van der Waals surface area contributed by atoms with Gasteiger partial charge in [0.1, 0.15) is 11.6 Å². The van der Waals surface area contributed by atoms with Crippen LogP contribution in [0.2, 0.25) is 5.02 Å². The van der Waals surface area contributed by atoms with E-state index >= 15 is 0 Å². The van der Waals surface area contributed by atoms with Gasteiger partial charge in [-0.1, -0.05) is 32.4 Å². The minimum absolute atomic E-state index is 0.131. The molecule has 2 N–H and O–H groups in total. The normalized spacial score (nSPS) is 11.8. The molecule has 5 heteroatoms. The standard InChI is InChI=1S/C12H14ClN3S/c1-12(2,3)11-15-8(6-9(14)16-11)10-7(13)4-5-17-10/h4-6H,1-3H3,(H2,14,15,16). The molecule has 0 bridgehead atoms. The van der Waals surface area contributed by atoms with Crippen molar-refractivity contribution < 1.29 is 0 Å². The highest BCUT2D eigenvalue weighted by atomic mass is 35.5. The first-order valence-corrected chi connectivity index (χ1v) is 6.52. The quantitative estimate of drug-likeness (QED) is 0.856. The SMILES string of the molecule is CC(C)(C)c1nc(N)cc(-c2sccc2Cl)n1. The van der Waals surface area contributed by atoms with Gasteiger partial charge < -0.3 is 5.73 Å². The lowest BCUT2D eigenvalue weighted by molar-refractivity contribution is 0.547. The van der Waals surface area contributed by atoms with Crippen LogP contribution >= 0.6 is 22.9 Å². The Labute approximate surface area is 110 Å². The number of thiophene rings is 1. The highest BCUT2D eigenvalue weighted by Gasteiger charge is 2.19. The second-order valence-corrected chi connectivity index (χ2v) is 6.17. The Bertz CT molecular complexity index is 543. The van der Waals surface area contributed by atoms with Gasteiger partial charge >= 0.3 is 0 Å². The predicted octanol–water partition coefficient (Wildman–Crippen LogP) is 3.74. The highest BCUT2D eigenvalue weighted by molar-refractivity contribution is 7.14. The number of rotatable bonds is 1. The van der Waals surface area contributed by atoms with Crippen LogP contribution in [0.5, 0.6) is 0 Å². The van der Waals surface area contributed by atoms with Crippen molar-refractivity contribution in [1.82, 2.24) is 9.97 Å². The van der Waals surface area contributed by atoms with E-state index in [-0.39, 0.29) is 5.41 Å². The van der Waals surface area contributed by atoms with Crippen molar-refractivity contribution in [2.75, 3.05) is 5.73 Å². The van der Waals surface area contributed by atoms with Crippen LogP contribution in [-0.4, -0.2) is 9.97 Å². The van der Waals surface area contributed by atoms with E-state index in [0.717, 1.165) is 16.4 Å². The van der Waals surface area contributed by atoms with Crippen molar-refractivity contribution >= 4 is 28.8 Å². The van der Waals surface area contributed by atoms with Crippen molar-refractivity contribution in [1.29, 1.82) is 0 Å². The summed E-state index contributed by atoms with van der Waals surface area (Å²) in [5.74, 6) is 1.21. The molecule has 0 saturated carbocycles. The fraction of sp³-hybridized carbons (Fsp3) is 0.333. The van der Waals surface area contributed by atoms with Crippen molar-refractivity contribution in [2.45, 2.75) is 26.2 Å². The second kappa shape index (κ2) is 4.27. The van der Waals surface area contributed by atoms with Gasteiger partial charge in [0.25, 0.3) is 0 Å². The van der Waals surface area contributed by atoms with Gasteiger partial charge in [-0.15, -0.1) is 11.3 Å². The van der Waals surface area contributed by atoms with E-state index in [1.165, 1.54) is 0 Å². The van der Waals surface area contributed by atoms with E-state index < -0.39 is 0 Å². The zero-order chi connectivity index (χ0) is 12.6. The second-order valence-electron chi connectivity index (χ2n) is 4.85. The third-order valence-electron chi connectivity index (χ3n) is 2.27. The Morgan fingerprint density at radius 3 is 2.53 bits per heavy atom. The lowest BCUT2D eigenvalue weighted by Crippen LogP contribution is -2.17. The number of nitrogens with two attached hydrogens (primary N) is 1. The molecule has 0 radical (unpaired) electrons. The lowest BCUT2D eigenvalue weighted by atomic mass is 9.95. The van der Waals surface area contributed by atoms with Crippen molar-refractivity contribution in [2.24, 2.45) is 0 Å². The highest BCUT2D eigenvalue weighted by Crippen LogP contribution is 2.33. The van der Waals surface area contributed by atoms with E-state index in [0.29, 0.717) is 10.8 Å². The van der Waals surface area contributed by atoms with E-state index in [1.807, 2.05) is 11.4 Å². The predicted molar refractivity (Wildman–Crippen MR) is 73.5 cm³/mol. The van der Waals surface area contributed by atoms with E-state index in [9.17, 15) is 0 Å². The Morgan fingerprint density at radius 2 is 2.00 bits per heavy atom. The summed E-state index contributed by atoms with van der Waals surface area (Å²) in [5.41, 5.74) is 6.49. The molecule has 2 heterocycles. The molecule has 0 aromatic carbocycles. The van der Waals surface area contributed by atoms with E-state index in [1.54, 1.807) is 17.4 Å². The van der Waals surface area contributed by atoms with Crippen LogP contribution in [0, 0.1) is 0 Å². The molecule has 2 aromatic heterocycles. The largest absolute Gasteiger partial charge is 0.384 e. The number of nitrogens with zero attached hydrogens (tertiary/aromatic N) is 2. The van der Waals surface area contributed by atoms with Gasteiger partial charge in [0.05, 0.1) is 15.6 Å². The maximum atomic E-state index is 6.10. The van der Waals surface area contributed by atoms with Crippen molar-refractivity contribution in [3.05, 3.63) is 28.4 Å². The summed E-state index contributed by atoms with van der Waals surface area (Å²) in [5, 5.41) is 2.64. The number of hydrogen-bond acceptors (Lipinski definition) is 4. The molecule has 0 unspecified atom stereocenters. The molecule has 0 aliphatic carbocycles. The van der Waals surface area contributed by atoms with Gasteiger partial charge in [0.15, 0.2) is 0 Å². The number of nitrogen functional groups attached to an aromatic ring is 1. The zero-order valence-corrected chi connectivity index (χ0v) is 11.6. The molecule has 2 rings (SSSR count). The lowest BCUT2D eigenvalue weighted by Gasteiger charge is -2.17. The minimum Gasteiger partial charge on any atom is -0.384 e. The van der Waals surface area contributed by atoms with Gasteiger partial charge in [0, 0.05) is 11.5 Å². The molecule has 0 aliphatic heterocycles. The van der Waals surface area contributed by atoms with E-state index in [2.05, 4.69) is 30.7 Å². The fourth-order valence-corrected chi connectivity index (χ4v) is 2.51. The molecular formula is C12H14ClN3S. The molecule has 0 spiro atoms. The topological polar surface area (TPSA) is 51.8 Å². The third kappa shape index (κ3) is 2.58. The van der Waals surface area contributed by atoms with Gasteiger partial charge in [0.2, 0.25) is 0 Å². The number of anilines is 1. The van der Waals surface area contributed by atoms with Crippen LogP contribution in [0.3, 0.4) is 0 Å². The van der Waals surface area contributed by atoms with Gasteiger partial charge in [-0.3, -0.25) is 0 Å². The summed E-state index contributed by atoms with van der Waals surface area (Å²) >= 11 is 7.66. The summed E-state index contributed by atoms with van der Waals surface area (Å²) < 4.78 is 0. The molecule has 17 heavy (non-hydrogen) atoms. The first-order valence-electron chi connectivity index (χ1n) is 5.26. The van der Waals surface area contributed by atoms with E-state index in [4.69, 9.17) is 17.3 Å². The first-order chi connectivity index (χ1) is 7.88. The van der Waals surface area contributed by atoms with Gasteiger partial charge in [-0.25, -0.2) is 9.97 Å². The molecule has 0 saturated heterocycles. The van der Waals surface area contributed by atoms with Crippen molar-refractivity contribution in [3.63, 3.8) is 0 Å².